The van der Waals surface area contributed by atoms with Gasteiger partial charge >= 0.3 is 0 Å². The van der Waals surface area contributed by atoms with Crippen molar-refractivity contribution < 1.29 is 13.3 Å². The number of nitrogens with zero attached hydrogens (tertiary/aromatic N) is 3. The van der Waals surface area contributed by atoms with Gasteiger partial charge in [0.05, 0.1) is 22.1 Å². The molecule has 0 saturated carbocycles. The van der Waals surface area contributed by atoms with E-state index in [1.807, 2.05) is 35.9 Å². The first-order chi connectivity index (χ1) is 11.8. The number of nitro groups is 1. The van der Waals surface area contributed by atoms with Crippen LogP contribution in [0.4, 0.5) is 11.4 Å². The number of imidazole rings is 1. The molecule has 0 aliphatic rings. The normalized spacial score (nSPS) is 11.6. The molecule has 0 bridgehead atoms. The lowest BCUT2D eigenvalue weighted by molar-refractivity contribution is -0.384. The number of pyridine rings is 1. The smallest absolute Gasteiger partial charge is 0.293 e. The maximum atomic E-state index is 11.6. The molecule has 0 unspecified atom stereocenters. The van der Waals surface area contributed by atoms with Gasteiger partial charge in [-0.25, -0.2) is 13.4 Å². The summed E-state index contributed by atoms with van der Waals surface area (Å²) in [5.74, 6) is 0. The van der Waals surface area contributed by atoms with Gasteiger partial charge in [-0.1, -0.05) is 6.07 Å². The number of fused-ring (bicyclic) bond motifs is 1. The Hall–Kier alpha value is -2.94. The Balaban J connectivity index is 1.89. The lowest BCUT2D eigenvalue weighted by Gasteiger charge is -2.07. The number of sulfone groups is 1. The van der Waals surface area contributed by atoms with Crippen molar-refractivity contribution in [1.29, 1.82) is 0 Å². The molecule has 0 fully saturated rings. The van der Waals surface area contributed by atoms with Crippen molar-refractivity contribution >= 4 is 26.9 Å². The van der Waals surface area contributed by atoms with Gasteiger partial charge in [0.1, 0.15) is 11.3 Å². The van der Waals surface area contributed by atoms with Crippen LogP contribution >= 0.6 is 0 Å². The predicted molar refractivity (Wildman–Crippen MR) is 93.5 cm³/mol. The molecule has 0 radical (unpaired) electrons. The Kier molecular flexibility index (Phi) is 4.17. The van der Waals surface area contributed by atoms with Crippen molar-refractivity contribution in [2.45, 2.75) is 18.4 Å². The van der Waals surface area contributed by atoms with Crippen LogP contribution in [0.3, 0.4) is 0 Å². The fraction of sp³-hybridized carbons (Fsp3) is 0.188. The van der Waals surface area contributed by atoms with Gasteiger partial charge in [-0.2, -0.15) is 0 Å². The predicted octanol–water partition coefficient (Wildman–Crippen LogP) is 2.57. The number of aryl methyl sites for hydroxylation is 1. The fourth-order valence-electron chi connectivity index (χ4n) is 2.52. The number of nitro benzene ring substituents is 1. The summed E-state index contributed by atoms with van der Waals surface area (Å²) in [6, 6.07) is 7.67. The van der Waals surface area contributed by atoms with Gasteiger partial charge in [0.15, 0.2) is 9.84 Å². The number of hydrogen-bond acceptors (Lipinski definition) is 6. The van der Waals surface area contributed by atoms with Crippen molar-refractivity contribution in [2.24, 2.45) is 0 Å². The molecule has 3 aromatic rings. The van der Waals surface area contributed by atoms with E-state index in [1.165, 1.54) is 12.1 Å². The summed E-state index contributed by atoms with van der Waals surface area (Å²) in [5.41, 5.74) is 2.52. The molecule has 0 atom stereocenters. The summed E-state index contributed by atoms with van der Waals surface area (Å²) >= 11 is 0. The van der Waals surface area contributed by atoms with Crippen LogP contribution in [-0.2, 0) is 16.4 Å². The molecule has 1 N–H and O–H groups in total. The van der Waals surface area contributed by atoms with Gasteiger partial charge in [-0.3, -0.25) is 10.1 Å². The molecular formula is C16H16N4O4S. The van der Waals surface area contributed by atoms with Crippen molar-refractivity contribution in [3.8, 4) is 0 Å². The van der Waals surface area contributed by atoms with E-state index >= 15 is 0 Å². The number of anilines is 1. The lowest BCUT2D eigenvalue weighted by atomic mass is 10.2. The molecule has 2 heterocycles. The molecule has 0 saturated heterocycles. The summed E-state index contributed by atoms with van der Waals surface area (Å²) in [7, 11) is -3.51. The minimum Gasteiger partial charge on any atom is -0.374 e. The fourth-order valence-corrected chi connectivity index (χ4v) is 3.16. The molecule has 1 aromatic carbocycles. The Morgan fingerprint density at radius 1 is 1.32 bits per heavy atom. The highest BCUT2D eigenvalue weighted by Crippen LogP contribution is 2.28. The molecular weight excluding hydrogens is 344 g/mol. The van der Waals surface area contributed by atoms with Crippen LogP contribution < -0.4 is 5.32 Å². The first kappa shape index (κ1) is 16.9. The Bertz CT molecular complexity index is 1070. The number of nitrogens with one attached hydrogen (secondary N) is 1. The third-order valence-electron chi connectivity index (χ3n) is 3.78. The second-order valence-corrected chi connectivity index (χ2v) is 7.73. The highest BCUT2D eigenvalue weighted by atomic mass is 32.2. The summed E-state index contributed by atoms with van der Waals surface area (Å²) < 4.78 is 25.0. The molecule has 2 aromatic heterocycles. The van der Waals surface area contributed by atoms with Gasteiger partial charge in [0.25, 0.3) is 5.69 Å². The lowest BCUT2D eigenvalue weighted by Crippen LogP contribution is -2.05. The minimum atomic E-state index is -3.51. The highest BCUT2D eigenvalue weighted by molar-refractivity contribution is 7.90. The Labute approximate surface area is 144 Å². The first-order valence-electron chi connectivity index (χ1n) is 7.41. The maximum Gasteiger partial charge on any atom is 0.293 e. The van der Waals surface area contributed by atoms with Crippen LogP contribution in [0.1, 0.15) is 11.3 Å². The van der Waals surface area contributed by atoms with Gasteiger partial charge in [-0.15, -0.1) is 0 Å². The zero-order valence-corrected chi connectivity index (χ0v) is 14.4. The monoisotopic (exact) mass is 360 g/mol. The molecule has 0 spiro atoms. The van der Waals surface area contributed by atoms with Crippen LogP contribution in [0, 0.1) is 17.0 Å². The second-order valence-electron chi connectivity index (χ2n) is 5.72. The molecule has 8 nitrogen and oxygen atoms in total. The van der Waals surface area contributed by atoms with Crippen molar-refractivity contribution in [3.05, 3.63) is 64.1 Å². The first-order valence-corrected chi connectivity index (χ1v) is 9.30. The van der Waals surface area contributed by atoms with Crippen LogP contribution in [-0.4, -0.2) is 29.0 Å². The minimum absolute atomic E-state index is 0.0897. The van der Waals surface area contributed by atoms with Crippen LogP contribution in [0.5, 0.6) is 0 Å². The van der Waals surface area contributed by atoms with Crippen molar-refractivity contribution in [3.63, 3.8) is 0 Å². The second kappa shape index (κ2) is 6.17. The number of aromatic nitrogens is 2. The van der Waals surface area contributed by atoms with Gasteiger partial charge in [0.2, 0.25) is 0 Å². The molecule has 9 heteroatoms. The van der Waals surface area contributed by atoms with Gasteiger partial charge in [-0.05, 0) is 30.7 Å². The van der Waals surface area contributed by atoms with Crippen LogP contribution in [0.15, 0.2) is 47.6 Å². The van der Waals surface area contributed by atoms with E-state index in [9.17, 15) is 18.5 Å². The number of hydrogen-bond donors (Lipinski definition) is 1. The summed E-state index contributed by atoms with van der Waals surface area (Å²) in [6.07, 6.45) is 4.73. The van der Waals surface area contributed by atoms with E-state index in [4.69, 9.17) is 0 Å². The van der Waals surface area contributed by atoms with E-state index in [0.29, 0.717) is 0 Å². The van der Waals surface area contributed by atoms with Crippen molar-refractivity contribution in [2.75, 3.05) is 11.6 Å². The topological polar surface area (TPSA) is 107 Å². The summed E-state index contributed by atoms with van der Waals surface area (Å²) in [6.45, 7) is 2.23. The van der Waals surface area contributed by atoms with Gasteiger partial charge < -0.3 is 9.72 Å². The standard InChI is InChI=1S/C16H16N4O4S/c1-11-4-3-7-19-10-12(18-16(11)19)9-17-14-6-5-13(25(2,23)24)8-15(14)20(21)22/h3-8,10,17H,9H2,1-2H3. The van der Waals surface area contributed by atoms with E-state index in [-0.39, 0.29) is 22.8 Å². The maximum absolute atomic E-state index is 11.6. The average Bonchev–Trinajstić information content (AvgIpc) is 2.96. The van der Waals surface area contributed by atoms with Crippen LogP contribution in [0.2, 0.25) is 0 Å². The number of rotatable bonds is 5. The average molecular weight is 360 g/mol. The van der Waals surface area contributed by atoms with Gasteiger partial charge in [0, 0.05) is 24.7 Å². The molecule has 0 aliphatic carbocycles. The third-order valence-corrected chi connectivity index (χ3v) is 4.89. The third kappa shape index (κ3) is 3.45. The Morgan fingerprint density at radius 2 is 2.08 bits per heavy atom. The molecule has 25 heavy (non-hydrogen) atoms. The zero-order chi connectivity index (χ0) is 18.2. The highest BCUT2D eigenvalue weighted by Gasteiger charge is 2.18. The van der Waals surface area contributed by atoms with E-state index in [2.05, 4.69) is 10.3 Å². The molecule has 0 amide bonds. The summed E-state index contributed by atoms with van der Waals surface area (Å²) in [4.78, 5) is 15.0. The van der Waals surface area contributed by atoms with Crippen molar-refractivity contribution in [1.82, 2.24) is 9.38 Å². The van der Waals surface area contributed by atoms with E-state index in [0.717, 1.165) is 29.2 Å². The Morgan fingerprint density at radius 3 is 2.72 bits per heavy atom. The molecule has 3 rings (SSSR count). The van der Waals surface area contributed by atoms with E-state index in [1.54, 1.807) is 0 Å². The molecule has 130 valence electrons. The summed E-state index contributed by atoms with van der Waals surface area (Å²) in [5, 5.41) is 14.2. The molecule has 0 aliphatic heterocycles. The largest absolute Gasteiger partial charge is 0.374 e. The van der Waals surface area contributed by atoms with E-state index < -0.39 is 14.8 Å². The van der Waals surface area contributed by atoms with Crippen LogP contribution in [0.25, 0.3) is 5.65 Å². The SMILES string of the molecule is Cc1cccn2cc(CNc3ccc(S(C)(=O)=O)cc3[N+](=O)[O-])nc12. The zero-order valence-electron chi connectivity index (χ0n) is 13.6. The number of benzene rings is 1. The quantitative estimate of drug-likeness (QED) is 0.553.